The van der Waals surface area contributed by atoms with Crippen LogP contribution in [0, 0.1) is 0 Å². The molecule has 0 saturated carbocycles. The van der Waals surface area contributed by atoms with Crippen LogP contribution < -0.4 is 0 Å². The van der Waals surface area contributed by atoms with E-state index >= 15 is 0 Å². The fraction of sp³-hybridized carbons (Fsp3) is 0.448. The van der Waals surface area contributed by atoms with E-state index in [-0.39, 0.29) is 42.0 Å². The molecule has 2 unspecified atom stereocenters. The molecule has 38 heavy (non-hydrogen) atoms. The first-order chi connectivity index (χ1) is 18.0. The van der Waals surface area contributed by atoms with E-state index < -0.39 is 29.4 Å². The maximum absolute atomic E-state index is 14.3. The van der Waals surface area contributed by atoms with Gasteiger partial charge in [-0.25, -0.2) is 16.8 Å². The Morgan fingerprint density at radius 1 is 1.00 bits per heavy atom. The molecule has 1 heterocycles. The molecule has 1 saturated heterocycles. The van der Waals surface area contributed by atoms with E-state index in [1.54, 1.807) is 49.4 Å². The Balaban J connectivity index is 2.12. The summed E-state index contributed by atoms with van der Waals surface area (Å²) in [5, 5.41) is 10.7. The van der Waals surface area contributed by atoms with Gasteiger partial charge in [-0.05, 0) is 70.2 Å². The Labute approximate surface area is 227 Å². The zero-order valence-electron chi connectivity index (χ0n) is 22.1. The van der Waals surface area contributed by atoms with Gasteiger partial charge in [0.25, 0.3) is 0 Å². The highest BCUT2D eigenvalue weighted by molar-refractivity contribution is 8.10. The lowest BCUT2D eigenvalue weighted by Gasteiger charge is -2.34. The van der Waals surface area contributed by atoms with Gasteiger partial charge < -0.3 is 14.6 Å². The monoisotopic (exact) mass is 562 g/mol. The fourth-order valence-corrected chi connectivity index (χ4v) is 9.33. The van der Waals surface area contributed by atoms with Crippen molar-refractivity contribution >= 4 is 19.7 Å². The summed E-state index contributed by atoms with van der Waals surface area (Å²) in [5.41, 5.74) is -0.783. The van der Waals surface area contributed by atoms with Crippen molar-refractivity contribution in [2.24, 2.45) is 0 Å². The van der Waals surface area contributed by atoms with E-state index in [2.05, 4.69) is 6.58 Å². The summed E-state index contributed by atoms with van der Waals surface area (Å²) in [6.45, 7) is 7.70. The predicted molar refractivity (Wildman–Crippen MR) is 148 cm³/mol. The smallest absolute Gasteiger partial charge is 0.199 e. The molecule has 7 nitrogen and oxygen atoms in total. The van der Waals surface area contributed by atoms with Gasteiger partial charge >= 0.3 is 0 Å². The highest BCUT2D eigenvalue weighted by Gasteiger charge is 2.55. The molecule has 2 aromatic rings. The average molecular weight is 563 g/mol. The van der Waals surface area contributed by atoms with Crippen LogP contribution in [0.2, 0.25) is 0 Å². The minimum absolute atomic E-state index is 0.101. The third kappa shape index (κ3) is 6.82. The van der Waals surface area contributed by atoms with E-state index in [1.165, 1.54) is 37.3 Å². The Kier molecular flexibility index (Phi) is 10.1. The van der Waals surface area contributed by atoms with Crippen molar-refractivity contribution in [2.75, 3.05) is 13.2 Å². The molecule has 1 fully saturated rings. The van der Waals surface area contributed by atoms with Gasteiger partial charge in [-0.1, -0.05) is 54.1 Å². The Morgan fingerprint density at radius 2 is 1.55 bits per heavy atom. The summed E-state index contributed by atoms with van der Waals surface area (Å²) in [4.78, 5) is -0.202. The number of hydrogen-bond donors (Lipinski definition) is 1. The molecule has 2 atom stereocenters. The van der Waals surface area contributed by atoms with Gasteiger partial charge in [-0.2, -0.15) is 0 Å². The molecular weight excluding hydrogens is 524 g/mol. The van der Waals surface area contributed by atoms with Crippen LogP contribution in [0.15, 0.2) is 94.8 Å². The van der Waals surface area contributed by atoms with E-state index in [0.29, 0.717) is 12.2 Å². The summed E-state index contributed by atoms with van der Waals surface area (Å²) >= 11 is 0. The van der Waals surface area contributed by atoms with Gasteiger partial charge in [0.15, 0.2) is 30.0 Å². The average Bonchev–Trinajstić information content (AvgIpc) is 2.93. The van der Waals surface area contributed by atoms with Crippen molar-refractivity contribution in [1.29, 1.82) is 0 Å². The number of allylic oxidation sites excluding steroid dienone is 1. The molecule has 0 aliphatic carbocycles. The van der Waals surface area contributed by atoms with Crippen molar-refractivity contribution in [2.45, 2.75) is 78.1 Å². The number of sulfone groups is 2. The highest BCUT2D eigenvalue weighted by atomic mass is 32.3. The summed E-state index contributed by atoms with van der Waals surface area (Å²) in [6, 6.07) is 15.2. The predicted octanol–water partition coefficient (Wildman–Crippen LogP) is 5.23. The second-order valence-corrected chi connectivity index (χ2v) is 14.7. The molecule has 1 aliphatic heterocycles. The number of aliphatic hydroxyl groups is 1. The van der Waals surface area contributed by atoms with Gasteiger partial charge in [-0.15, -0.1) is 6.58 Å². The summed E-state index contributed by atoms with van der Waals surface area (Å²) < 4.78 is 66.5. The molecule has 0 amide bonds. The molecule has 208 valence electrons. The molecule has 0 spiro atoms. The molecule has 1 N–H and O–H groups in total. The lowest BCUT2D eigenvalue weighted by atomic mass is 9.98. The molecule has 2 aromatic carbocycles. The van der Waals surface area contributed by atoms with Crippen molar-refractivity contribution in [3.05, 3.63) is 85.0 Å². The summed E-state index contributed by atoms with van der Waals surface area (Å²) in [7, 11) is -8.95. The van der Waals surface area contributed by atoms with Crippen LogP contribution in [-0.2, 0) is 29.1 Å². The topological polar surface area (TPSA) is 107 Å². The number of ether oxygens (including phenoxy) is 2. The maximum atomic E-state index is 14.3. The summed E-state index contributed by atoms with van der Waals surface area (Å²) in [6.07, 6.45) is 4.54. The zero-order chi connectivity index (χ0) is 27.9. The fourth-order valence-electron chi connectivity index (χ4n) is 4.36. The van der Waals surface area contributed by atoms with Gasteiger partial charge in [0, 0.05) is 13.0 Å². The molecule has 3 rings (SSSR count). The van der Waals surface area contributed by atoms with Crippen molar-refractivity contribution < 1.29 is 31.4 Å². The second kappa shape index (κ2) is 12.7. The SMILES string of the molecule is C=CC(C)(O)CCC(C/C=C(\C)COC1CCCCO1)(S(=O)(=O)c1ccccc1)S(=O)(=O)c1ccccc1. The first kappa shape index (κ1) is 30.2. The van der Waals surface area contributed by atoms with Crippen LogP contribution in [0.3, 0.4) is 0 Å². The lowest BCUT2D eigenvalue weighted by molar-refractivity contribution is -0.156. The largest absolute Gasteiger partial charge is 0.386 e. The second-order valence-electron chi connectivity index (χ2n) is 9.97. The number of rotatable bonds is 13. The van der Waals surface area contributed by atoms with Crippen LogP contribution >= 0.6 is 0 Å². The number of benzene rings is 2. The van der Waals surface area contributed by atoms with Crippen LogP contribution in [0.5, 0.6) is 0 Å². The Morgan fingerprint density at radius 3 is 2.03 bits per heavy atom. The van der Waals surface area contributed by atoms with Crippen LogP contribution in [0.1, 0.15) is 52.4 Å². The van der Waals surface area contributed by atoms with Crippen LogP contribution in [0.25, 0.3) is 0 Å². The van der Waals surface area contributed by atoms with E-state index in [9.17, 15) is 21.9 Å². The first-order valence-corrected chi connectivity index (χ1v) is 15.8. The van der Waals surface area contributed by atoms with Gasteiger partial charge in [0.1, 0.15) is 0 Å². The van der Waals surface area contributed by atoms with E-state index in [4.69, 9.17) is 9.47 Å². The standard InChI is InChI=1S/C29H38O7S2/c1-4-28(3,30)20-21-29(37(31,32)25-13-7-5-8-14-25,38(33,34)26-15-9-6-10-16-26)19-18-24(2)23-36-27-17-11-12-22-35-27/h4-10,13-16,18,27,30H,1,11-12,17,19-23H2,2-3H3/b24-18+. The van der Waals surface area contributed by atoms with Crippen molar-refractivity contribution in [1.82, 2.24) is 0 Å². The normalized spacial score (nSPS) is 19.0. The highest BCUT2D eigenvalue weighted by Crippen LogP contribution is 2.43. The van der Waals surface area contributed by atoms with Gasteiger partial charge in [0.2, 0.25) is 0 Å². The molecule has 9 heteroatoms. The molecular formula is C29H38O7S2. The molecule has 0 bridgehead atoms. The van der Waals surface area contributed by atoms with Crippen LogP contribution in [-0.4, -0.2) is 51.1 Å². The maximum Gasteiger partial charge on any atom is 0.199 e. The van der Waals surface area contributed by atoms with E-state index in [0.717, 1.165) is 19.3 Å². The first-order valence-electron chi connectivity index (χ1n) is 12.8. The summed E-state index contributed by atoms with van der Waals surface area (Å²) in [5.74, 6) is 0. The zero-order valence-corrected chi connectivity index (χ0v) is 23.7. The quantitative estimate of drug-likeness (QED) is 0.333. The number of hydrogen-bond acceptors (Lipinski definition) is 7. The van der Waals surface area contributed by atoms with Crippen molar-refractivity contribution in [3.63, 3.8) is 0 Å². The van der Waals surface area contributed by atoms with Crippen molar-refractivity contribution in [3.8, 4) is 0 Å². The Bertz CT molecular complexity index is 1220. The molecule has 0 aromatic heterocycles. The third-order valence-electron chi connectivity index (χ3n) is 6.93. The Hall–Kier alpha value is -2.30. The van der Waals surface area contributed by atoms with Gasteiger partial charge in [-0.3, -0.25) is 0 Å². The van der Waals surface area contributed by atoms with Gasteiger partial charge in [0.05, 0.1) is 22.0 Å². The molecule has 0 radical (unpaired) electrons. The lowest BCUT2D eigenvalue weighted by Crippen LogP contribution is -2.47. The van der Waals surface area contributed by atoms with Crippen LogP contribution in [0.4, 0.5) is 0 Å². The minimum atomic E-state index is -4.47. The molecule has 1 aliphatic rings. The van der Waals surface area contributed by atoms with E-state index in [1.807, 2.05) is 0 Å². The third-order valence-corrected chi connectivity index (χ3v) is 12.7. The minimum Gasteiger partial charge on any atom is -0.386 e.